The summed E-state index contributed by atoms with van der Waals surface area (Å²) in [6.45, 7) is 3.39. The minimum Gasteiger partial charge on any atom is -0.465 e. The molecule has 0 bridgehead atoms. The van der Waals surface area contributed by atoms with Crippen molar-refractivity contribution in [2.45, 2.75) is 26.3 Å². The van der Waals surface area contributed by atoms with E-state index in [0.29, 0.717) is 18.8 Å². The van der Waals surface area contributed by atoms with E-state index in [2.05, 4.69) is 0 Å². The van der Waals surface area contributed by atoms with Gasteiger partial charge in [-0.05, 0) is 31.0 Å². The van der Waals surface area contributed by atoms with Crippen LogP contribution >= 0.6 is 0 Å². The van der Waals surface area contributed by atoms with Gasteiger partial charge in [-0.3, -0.25) is 9.59 Å². The van der Waals surface area contributed by atoms with Crippen LogP contribution in [-0.4, -0.2) is 24.6 Å². The predicted molar refractivity (Wildman–Crippen MR) is 66.1 cm³/mol. The second kappa shape index (κ2) is 6.76. The first-order chi connectivity index (χ1) is 8.52. The fraction of sp³-hybridized carbons (Fsp3) is 0.385. The molecular formula is C13H17NO4. The topological polar surface area (TPSA) is 78.6 Å². The second-order valence-electron chi connectivity index (χ2n) is 3.80. The van der Waals surface area contributed by atoms with E-state index in [4.69, 9.17) is 15.2 Å². The Balaban J connectivity index is 2.58. The normalized spacial score (nSPS) is 11.7. The average Bonchev–Trinajstić information content (AvgIpc) is 2.31. The van der Waals surface area contributed by atoms with E-state index in [1.807, 2.05) is 0 Å². The van der Waals surface area contributed by atoms with Crippen LogP contribution in [0.4, 0.5) is 0 Å². The Bertz CT molecular complexity index is 414. The van der Waals surface area contributed by atoms with Crippen LogP contribution in [0.5, 0.6) is 5.75 Å². The molecule has 1 atom stereocenters. The van der Waals surface area contributed by atoms with Gasteiger partial charge in [-0.2, -0.15) is 0 Å². The van der Waals surface area contributed by atoms with Gasteiger partial charge in [0.15, 0.2) is 0 Å². The average molecular weight is 251 g/mol. The summed E-state index contributed by atoms with van der Waals surface area (Å²) in [4.78, 5) is 22.1. The first kappa shape index (κ1) is 14.2. The van der Waals surface area contributed by atoms with Crippen molar-refractivity contribution in [3.8, 4) is 5.75 Å². The molecule has 1 rings (SSSR count). The smallest absolute Gasteiger partial charge is 0.323 e. The molecule has 0 aliphatic carbocycles. The molecule has 1 aromatic rings. The maximum Gasteiger partial charge on any atom is 0.323 e. The van der Waals surface area contributed by atoms with Crippen molar-refractivity contribution in [3.05, 3.63) is 29.8 Å². The SMILES string of the molecule is CCOC(=O)C(N)Cc1ccc(OC(C)=O)cc1. The van der Waals surface area contributed by atoms with Crippen molar-refractivity contribution in [1.82, 2.24) is 0 Å². The van der Waals surface area contributed by atoms with Crippen LogP contribution in [0, 0.1) is 0 Å². The highest BCUT2D eigenvalue weighted by molar-refractivity contribution is 5.75. The number of rotatable bonds is 5. The van der Waals surface area contributed by atoms with Gasteiger partial charge in [0.05, 0.1) is 6.61 Å². The molecule has 0 aliphatic heterocycles. The van der Waals surface area contributed by atoms with Crippen LogP contribution < -0.4 is 10.5 Å². The minimum absolute atomic E-state index is 0.317. The van der Waals surface area contributed by atoms with Gasteiger partial charge in [-0.15, -0.1) is 0 Å². The van der Waals surface area contributed by atoms with E-state index in [9.17, 15) is 9.59 Å². The molecule has 0 aromatic heterocycles. The van der Waals surface area contributed by atoms with Gasteiger partial charge in [-0.1, -0.05) is 12.1 Å². The van der Waals surface area contributed by atoms with Gasteiger partial charge >= 0.3 is 11.9 Å². The molecule has 5 heteroatoms. The Hall–Kier alpha value is -1.88. The van der Waals surface area contributed by atoms with Gasteiger partial charge in [0.2, 0.25) is 0 Å². The van der Waals surface area contributed by atoms with Crippen molar-refractivity contribution in [2.24, 2.45) is 5.73 Å². The zero-order chi connectivity index (χ0) is 13.5. The Morgan fingerprint density at radius 3 is 2.39 bits per heavy atom. The fourth-order valence-electron chi connectivity index (χ4n) is 1.45. The van der Waals surface area contributed by atoms with Gasteiger partial charge < -0.3 is 15.2 Å². The number of carbonyl (C=O) groups is 2. The summed E-state index contributed by atoms with van der Waals surface area (Å²) in [7, 11) is 0. The van der Waals surface area contributed by atoms with Crippen molar-refractivity contribution in [1.29, 1.82) is 0 Å². The Morgan fingerprint density at radius 2 is 1.89 bits per heavy atom. The molecule has 18 heavy (non-hydrogen) atoms. The minimum atomic E-state index is -0.676. The zero-order valence-corrected chi connectivity index (χ0v) is 10.5. The van der Waals surface area contributed by atoms with Gasteiger partial charge in [0.1, 0.15) is 11.8 Å². The van der Waals surface area contributed by atoms with Gasteiger partial charge in [0.25, 0.3) is 0 Å². The first-order valence-electron chi connectivity index (χ1n) is 5.72. The third-order valence-corrected chi connectivity index (χ3v) is 2.23. The lowest BCUT2D eigenvalue weighted by Crippen LogP contribution is -2.34. The lowest BCUT2D eigenvalue weighted by atomic mass is 10.1. The van der Waals surface area contributed by atoms with E-state index in [-0.39, 0.29) is 5.97 Å². The van der Waals surface area contributed by atoms with Crippen molar-refractivity contribution in [3.63, 3.8) is 0 Å². The number of hydrogen-bond acceptors (Lipinski definition) is 5. The van der Waals surface area contributed by atoms with Crippen LogP contribution in [0.15, 0.2) is 24.3 Å². The third-order valence-electron chi connectivity index (χ3n) is 2.23. The molecule has 0 aliphatic rings. The van der Waals surface area contributed by atoms with E-state index in [1.54, 1.807) is 31.2 Å². The molecule has 0 spiro atoms. The molecule has 2 N–H and O–H groups in total. The molecule has 0 saturated heterocycles. The predicted octanol–water partition coefficient (Wildman–Crippen LogP) is 1.04. The summed E-state index contributed by atoms with van der Waals surface area (Å²) in [6, 6.07) is 6.17. The van der Waals surface area contributed by atoms with E-state index >= 15 is 0 Å². The molecule has 0 amide bonds. The summed E-state index contributed by atoms with van der Waals surface area (Å²) >= 11 is 0. The quantitative estimate of drug-likeness (QED) is 0.625. The fourth-order valence-corrected chi connectivity index (χ4v) is 1.45. The molecule has 0 fully saturated rings. The zero-order valence-electron chi connectivity index (χ0n) is 10.5. The summed E-state index contributed by atoms with van der Waals surface area (Å²) in [5.41, 5.74) is 6.58. The van der Waals surface area contributed by atoms with Crippen LogP contribution in [-0.2, 0) is 20.7 Å². The largest absolute Gasteiger partial charge is 0.465 e. The molecule has 1 unspecified atom stereocenters. The van der Waals surface area contributed by atoms with Crippen LogP contribution in [0.1, 0.15) is 19.4 Å². The highest BCUT2D eigenvalue weighted by Gasteiger charge is 2.14. The van der Waals surface area contributed by atoms with E-state index < -0.39 is 12.0 Å². The molecular weight excluding hydrogens is 234 g/mol. The summed E-state index contributed by atoms with van der Waals surface area (Å²) in [6.07, 6.45) is 0.388. The van der Waals surface area contributed by atoms with Gasteiger partial charge in [0, 0.05) is 6.92 Å². The summed E-state index contributed by atoms with van der Waals surface area (Å²) in [5.74, 6) is -0.316. The number of ether oxygens (including phenoxy) is 2. The molecule has 0 radical (unpaired) electrons. The lowest BCUT2D eigenvalue weighted by Gasteiger charge is -2.10. The number of esters is 2. The molecule has 5 nitrogen and oxygen atoms in total. The molecule has 0 saturated carbocycles. The lowest BCUT2D eigenvalue weighted by molar-refractivity contribution is -0.144. The Labute approximate surface area is 106 Å². The third kappa shape index (κ3) is 4.55. The first-order valence-corrected chi connectivity index (χ1v) is 5.72. The standard InChI is InChI=1S/C13H17NO4/c1-3-17-13(16)12(14)8-10-4-6-11(7-5-10)18-9(2)15/h4-7,12H,3,8,14H2,1-2H3. The summed E-state index contributed by atoms with van der Waals surface area (Å²) < 4.78 is 9.72. The highest BCUT2D eigenvalue weighted by Crippen LogP contribution is 2.13. The van der Waals surface area contributed by atoms with Crippen LogP contribution in [0.2, 0.25) is 0 Å². The monoisotopic (exact) mass is 251 g/mol. The second-order valence-corrected chi connectivity index (χ2v) is 3.80. The van der Waals surface area contributed by atoms with E-state index in [0.717, 1.165) is 5.56 Å². The maximum absolute atomic E-state index is 11.3. The molecule has 98 valence electrons. The van der Waals surface area contributed by atoms with Crippen LogP contribution in [0.25, 0.3) is 0 Å². The Morgan fingerprint density at radius 1 is 1.28 bits per heavy atom. The molecule has 1 aromatic carbocycles. The van der Waals surface area contributed by atoms with Crippen LogP contribution in [0.3, 0.4) is 0 Å². The van der Waals surface area contributed by atoms with Crippen molar-refractivity contribution < 1.29 is 19.1 Å². The van der Waals surface area contributed by atoms with Crippen molar-refractivity contribution >= 4 is 11.9 Å². The summed E-state index contributed by atoms with van der Waals surface area (Å²) in [5, 5.41) is 0. The highest BCUT2D eigenvalue weighted by atomic mass is 16.5. The van der Waals surface area contributed by atoms with E-state index in [1.165, 1.54) is 6.92 Å². The number of hydrogen-bond donors (Lipinski definition) is 1. The van der Waals surface area contributed by atoms with Crippen molar-refractivity contribution in [2.75, 3.05) is 6.61 Å². The number of benzene rings is 1. The van der Waals surface area contributed by atoms with Gasteiger partial charge in [-0.25, -0.2) is 0 Å². The Kier molecular flexibility index (Phi) is 5.32. The molecule has 0 heterocycles. The number of nitrogens with two attached hydrogens (primary N) is 1. The maximum atomic E-state index is 11.3. The number of carbonyl (C=O) groups excluding carboxylic acids is 2.